The lowest BCUT2D eigenvalue weighted by molar-refractivity contribution is -0.139. The van der Waals surface area contributed by atoms with Crippen LogP contribution in [0.1, 0.15) is 42.4 Å². The van der Waals surface area contributed by atoms with Crippen LogP contribution in [0.2, 0.25) is 0 Å². The van der Waals surface area contributed by atoms with Crippen LogP contribution < -0.4 is 11.1 Å². The standard InChI is InChI=1S/C14H21NO4.C6H9NO4.C2H6.2H2/c1-2-13(16)18-5-6-19-14(17)15-9-12-8-10-3-4-11(12)7-10;1-2-5(8)10-3-4-11-6(7)9;1-2;;/h2,10-12H,1,3-9H2,(H,15,17);2H,1,3-4H2,(H2,7,9);1-2H3;2*1H. The highest BCUT2D eigenvalue weighted by Crippen LogP contribution is 2.47. The summed E-state index contributed by atoms with van der Waals surface area (Å²) < 4.78 is 18.3. The summed E-state index contributed by atoms with van der Waals surface area (Å²) in [5, 5.41) is 2.79. The average Bonchev–Trinajstić information content (AvgIpc) is 3.43. The van der Waals surface area contributed by atoms with Crippen LogP contribution in [0, 0.1) is 17.8 Å². The monoisotopic (exact) mass is 460 g/mol. The number of esters is 2. The van der Waals surface area contributed by atoms with Gasteiger partial charge in [0.2, 0.25) is 0 Å². The number of primary amides is 1. The van der Waals surface area contributed by atoms with E-state index in [9.17, 15) is 19.2 Å². The van der Waals surface area contributed by atoms with E-state index in [4.69, 9.17) is 9.47 Å². The summed E-state index contributed by atoms with van der Waals surface area (Å²) in [5.41, 5.74) is 4.62. The highest BCUT2D eigenvalue weighted by atomic mass is 16.6. The van der Waals surface area contributed by atoms with Crippen LogP contribution in [-0.4, -0.2) is 57.1 Å². The van der Waals surface area contributed by atoms with Gasteiger partial charge in [-0.1, -0.05) is 33.4 Å². The minimum absolute atomic E-state index is 0. The Morgan fingerprint density at radius 3 is 1.88 bits per heavy atom. The first-order chi connectivity index (χ1) is 15.3. The molecule has 2 saturated carbocycles. The van der Waals surface area contributed by atoms with Crippen molar-refractivity contribution < 1.29 is 41.0 Å². The Balaban J connectivity index is -0.000000558. The van der Waals surface area contributed by atoms with Crippen LogP contribution in [0.3, 0.4) is 0 Å². The fourth-order valence-electron chi connectivity index (χ4n) is 3.57. The highest BCUT2D eigenvalue weighted by Gasteiger charge is 2.39. The summed E-state index contributed by atoms with van der Waals surface area (Å²) in [6, 6.07) is 0. The molecule has 0 aliphatic heterocycles. The zero-order valence-corrected chi connectivity index (χ0v) is 19.0. The van der Waals surface area contributed by atoms with Crippen molar-refractivity contribution in [3.05, 3.63) is 25.3 Å². The Labute approximate surface area is 192 Å². The van der Waals surface area contributed by atoms with E-state index >= 15 is 0 Å². The molecule has 0 heterocycles. The molecule has 3 atom stereocenters. The number of hydrogen-bond donors (Lipinski definition) is 2. The van der Waals surface area contributed by atoms with E-state index in [0.717, 1.165) is 24.0 Å². The lowest BCUT2D eigenvalue weighted by Crippen LogP contribution is -2.32. The number of fused-ring (bicyclic) bond motifs is 2. The predicted octanol–water partition coefficient (Wildman–Crippen LogP) is 3.21. The molecule has 3 unspecified atom stereocenters. The molecular formula is C22H40N2O8. The maximum absolute atomic E-state index is 11.4. The van der Waals surface area contributed by atoms with Crippen LogP contribution in [0.25, 0.3) is 0 Å². The Morgan fingerprint density at radius 2 is 1.44 bits per heavy atom. The molecule has 0 aromatic rings. The number of nitrogens with two attached hydrogens (primary N) is 1. The van der Waals surface area contributed by atoms with E-state index in [1.54, 1.807) is 0 Å². The van der Waals surface area contributed by atoms with Crippen molar-refractivity contribution in [2.45, 2.75) is 39.5 Å². The van der Waals surface area contributed by atoms with Crippen LogP contribution in [0.15, 0.2) is 25.3 Å². The third kappa shape index (κ3) is 13.3. The lowest BCUT2D eigenvalue weighted by atomic mass is 9.89. The molecule has 10 nitrogen and oxygen atoms in total. The van der Waals surface area contributed by atoms with Gasteiger partial charge < -0.3 is 30.0 Å². The summed E-state index contributed by atoms with van der Waals surface area (Å²) in [6.45, 7) is 11.2. The second-order valence-corrected chi connectivity index (χ2v) is 6.86. The van der Waals surface area contributed by atoms with Gasteiger partial charge in [0.1, 0.15) is 26.4 Å². The van der Waals surface area contributed by atoms with Gasteiger partial charge in [-0.25, -0.2) is 19.2 Å². The Kier molecular flexibility index (Phi) is 15.9. The first-order valence-corrected chi connectivity index (χ1v) is 10.8. The Hall–Kier alpha value is -3.04. The number of nitrogens with one attached hydrogen (secondary N) is 1. The van der Waals surface area contributed by atoms with E-state index in [1.807, 2.05) is 13.8 Å². The molecule has 3 N–H and O–H groups in total. The third-order valence-electron chi connectivity index (χ3n) is 4.86. The minimum atomic E-state index is -0.889. The minimum Gasteiger partial charge on any atom is -0.459 e. The molecule has 0 saturated heterocycles. The number of rotatable bonds is 10. The summed E-state index contributed by atoms with van der Waals surface area (Å²) in [4.78, 5) is 42.5. The van der Waals surface area contributed by atoms with Gasteiger partial charge in [0.05, 0.1) is 0 Å². The summed E-state index contributed by atoms with van der Waals surface area (Å²) >= 11 is 0. The van der Waals surface area contributed by atoms with Crippen LogP contribution in [0.4, 0.5) is 9.59 Å². The third-order valence-corrected chi connectivity index (χ3v) is 4.86. The second-order valence-electron chi connectivity index (χ2n) is 6.86. The number of hydrogen-bond acceptors (Lipinski definition) is 8. The van der Waals surface area contributed by atoms with Crippen molar-refractivity contribution in [3.8, 4) is 0 Å². The Morgan fingerprint density at radius 1 is 0.906 bits per heavy atom. The van der Waals surface area contributed by atoms with Crippen LogP contribution in [0.5, 0.6) is 0 Å². The number of alkyl carbamates (subject to hydrolysis) is 1. The van der Waals surface area contributed by atoms with Gasteiger partial charge in [-0.15, -0.1) is 0 Å². The molecule has 32 heavy (non-hydrogen) atoms. The number of ether oxygens (including phenoxy) is 4. The zero-order valence-electron chi connectivity index (χ0n) is 19.0. The van der Waals surface area contributed by atoms with Crippen molar-refractivity contribution in [1.29, 1.82) is 0 Å². The van der Waals surface area contributed by atoms with Crippen LogP contribution in [-0.2, 0) is 28.5 Å². The molecule has 186 valence electrons. The zero-order chi connectivity index (χ0) is 24.4. The van der Waals surface area contributed by atoms with E-state index in [0.29, 0.717) is 12.5 Å². The topological polar surface area (TPSA) is 143 Å². The second kappa shape index (κ2) is 17.6. The van der Waals surface area contributed by atoms with E-state index in [2.05, 4.69) is 33.7 Å². The number of carbonyl (C=O) groups excluding carboxylic acids is 4. The highest BCUT2D eigenvalue weighted by molar-refractivity contribution is 5.81. The molecule has 0 aromatic heterocycles. The molecule has 2 rings (SSSR count). The van der Waals surface area contributed by atoms with Crippen LogP contribution >= 0.6 is 0 Å². The van der Waals surface area contributed by atoms with Gasteiger partial charge in [-0.2, -0.15) is 0 Å². The molecule has 2 aliphatic rings. The van der Waals surface area contributed by atoms with E-state index in [1.165, 1.54) is 25.7 Å². The molecular weight excluding hydrogens is 420 g/mol. The van der Waals surface area contributed by atoms with Gasteiger partial charge in [0.25, 0.3) is 0 Å². The van der Waals surface area contributed by atoms with Crippen molar-refractivity contribution in [2.75, 3.05) is 33.0 Å². The molecule has 0 spiro atoms. The van der Waals surface area contributed by atoms with Gasteiger partial charge in [-0.3, -0.25) is 0 Å². The molecule has 0 aromatic carbocycles. The largest absolute Gasteiger partial charge is 0.459 e. The van der Waals surface area contributed by atoms with Gasteiger partial charge >= 0.3 is 24.1 Å². The van der Waals surface area contributed by atoms with Gasteiger partial charge in [-0.05, 0) is 37.0 Å². The molecule has 10 heteroatoms. The summed E-state index contributed by atoms with van der Waals surface area (Å²) in [5.74, 6) is 1.22. The van der Waals surface area contributed by atoms with Crippen molar-refractivity contribution in [3.63, 3.8) is 0 Å². The van der Waals surface area contributed by atoms with E-state index in [-0.39, 0.29) is 29.3 Å². The summed E-state index contributed by atoms with van der Waals surface area (Å²) in [6.07, 6.45) is 6.02. The van der Waals surface area contributed by atoms with Crippen molar-refractivity contribution in [2.24, 2.45) is 23.5 Å². The molecule has 2 aliphatic carbocycles. The molecule has 2 amide bonds. The predicted molar refractivity (Wildman–Crippen MR) is 122 cm³/mol. The van der Waals surface area contributed by atoms with Crippen molar-refractivity contribution in [1.82, 2.24) is 5.32 Å². The summed E-state index contributed by atoms with van der Waals surface area (Å²) in [7, 11) is 0. The maximum atomic E-state index is 11.4. The Bertz CT molecular complexity index is 634. The molecule has 2 fully saturated rings. The number of carbonyl (C=O) groups is 4. The van der Waals surface area contributed by atoms with Gasteiger partial charge in [0.15, 0.2) is 0 Å². The molecule has 2 bridgehead atoms. The maximum Gasteiger partial charge on any atom is 0.407 e. The average molecular weight is 461 g/mol. The fourth-order valence-corrected chi connectivity index (χ4v) is 3.57. The fraction of sp³-hybridized carbons (Fsp3) is 0.636. The van der Waals surface area contributed by atoms with E-state index < -0.39 is 24.1 Å². The molecule has 0 radical (unpaired) electrons. The van der Waals surface area contributed by atoms with Gasteiger partial charge in [0, 0.05) is 21.6 Å². The SMILES string of the molecule is C=CC(=O)OCCOC(=O)NCC1CC2CCC1C2.C=CC(=O)OCCOC(N)=O.CC.[HH].[HH]. The first-order valence-electron chi connectivity index (χ1n) is 10.8. The number of amides is 2. The quantitative estimate of drug-likeness (QED) is 0.219. The smallest absolute Gasteiger partial charge is 0.407 e. The van der Waals surface area contributed by atoms with Crippen molar-refractivity contribution >= 4 is 24.1 Å². The first kappa shape index (κ1) is 29.0. The lowest BCUT2D eigenvalue weighted by Gasteiger charge is -2.21. The normalized spacial score (nSPS) is 19.6.